The predicted octanol–water partition coefficient (Wildman–Crippen LogP) is 0.994. The van der Waals surface area contributed by atoms with Gasteiger partial charge in [0.1, 0.15) is 12.6 Å². The van der Waals surface area contributed by atoms with Gasteiger partial charge in [-0.3, -0.25) is 24.1 Å². The van der Waals surface area contributed by atoms with E-state index < -0.39 is 41.7 Å². The number of nitrogens with one attached hydrogen (secondary N) is 1. The number of hydrogen-bond donors (Lipinski definition) is 4. The van der Waals surface area contributed by atoms with Crippen molar-refractivity contribution in [1.29, 1.82) is 0 Å². The first kappa shape index (κ1) is 28.0. The van der Waals surface area contributed by atoms with Crippen molar-refractivity contribution in [2.45, 2.75) is 69.5 Å². The Morgan fingerprint density at radius 2 is 1.79 bits per heavy atom. The van der Waals surface area contributed by atoms with Gasteiger partial charge in [0.15, 0.2) is 11.6 Å². The number of carbonyl (C=O) groups excluding carboxylic acids is 4. The number of nitrogens with two attached hydrogens (primary N) is 3. The van der Waals surface area contributed by atoms with E-state index in [-0.39, 0.29) is 37.5 Å². The van der Waals surface area contributed by atoms with Crippen LogP contribution in [0.15, 0.2) is 36.4 Å². The van der Waals surface area contributed by atoms with Crippen LogP contribution in [-0.4, -0.2) is 48.4 Å². The SMILES string of the molecule is NC(=O)CCCc1cccc(OC[C@H](CCC(N)=O)NC(=O)[C@@H]2Cc3cccc4c3N2C(=O)[C@@H](N)CC4)c1F. The van der Waals surface area contributed by atoms with Crippen molar-refractivity contribution in [2.24, 2.45) is 17.2 Å². The van der Waals surface area contributed by atoms with E-state index in [1.807, 2.05) is 18.2 Å². The van der Waals surface area contributed by atoms with Crippen molar-refractivity contribution in [3.63, 3.8) is 0 Å². The first-order valence-electron chi connectivity index (χ1n) is 13.1. The molecule has 0 aliphatic carbocycles. The molecule has 39 heavy (non-hydrogen) atoms. The summed E-state index contributed by atoms with van der Waals surface area (Å²) in [6.45, 7) is -0.126. The van der Waals surface area contributed by atoms with Crippen molar-refractivity contribution in [3.05, 3.63) is 58.9 Å². The lowest BCUT2D eigenvalue weighted by molar-refractivity contribution is -0.127. The van der Waals surface area contributed by atoms with E-state index in [4.69, 9.17) is 21.9 Å². The zero-order valence-corrected chi connectivity index (χ0v) is 21.7. The fraction of sp³-hybridized carbons (Fsp3) is 0.429. The van der Waals surface area contributed by atoms with Crippen molar-refractivity contribution in [1.82, 2.24) is 5.32 Å². The molecule has 7 N–H and O–H groups in total. The van der Waals surface area contributed by atoms with Gasteiger partial charge in [0.25, 0.3) is 0 Å². The van der Waals surface area contributed by atoms with Crippen LogP contribution in [0.1, 0.15) is 48.8 Å². The second-order valence-corrected chi connectivity index (χ2v) is 10.1. The zero-order chi connectivity index (χ0) is 28.1. The number of halogens is 1. The van der Waals surface area contributed by atoms with Crippen molar-refractivity contribution in [3.8, 4) is 5.75 Å². The van der Waals surface area contributed by atoms with E-state index in [1.54, 1.807) is 12.1 Å². The summed E-state index contributed by atoms with van der Waals surface area (Å²) in [4.78, 5) is 50.6. The van der Waals surface area contributed by atoms with Crippen LogP contribution in [0, 0.1) is 5.82 Å². The lowest BCUT2D eigenvalue weighted by atomic mass is 10.0. The second-order valence-electron chi connectivity index (χ2n) is 10.1. The number of rotatable bonds is 12. The number of aryl methyl sites for hydroxylation is 2. The number of benzene rings is 2. The molecule has 2 aromatic carbocycles. The Morgan fingerprint density at radius 3 is 2.54 bits per heavy atom. The number of ether oxygens (including phenoxy) is 1. The molecule has 0 spiro atoms. The molecule has 10 nitrogen and oxygen atoms in total. The number of carbonyl (C=O) groups is 4. The molecule has 2 aromatic rings. The summed E-state index contributed by atoms with van der Waals surface area (Å²) < 4.78 is 20.8. The van der Waals surface area contributed by atoms with Gasteiger partial charge in [-0.1, -0.05) is 30.3 Å². The van der Waals surface area contributed by atoms with Gasteiger partial charge in [0.05, 0.1) is 17.8 Å². The number of amides is 4. The number of anilines is 1. The Morgan fingerprint density at radius 1 is 1.08 bits per heavy atom. The molecule has 4 rings (SSSR count). The minimum atomic E-state index is -0.806. The maximum atomic E-state index is 15.0. The minimum Gasteiger partial charge on any atom is -0.488 e. The van der Waals surface area contributed by atoms with Crippen LogP contribution in [-0.2, 0) is 38.4 Å². The van der Waals surface area contributed by atoms with Crippen molar-refractivity contribution >= 4 is 29.3 Å². The maximum absolute atomic E-state index is 15.0. The van der Waals surface area contributed by atoms with Crippen LogP contribution in [0.4, 0.5) is 10.1 Å². The van der Waals surface area contributed by atoms with Gasteiger partial charge >= 0.3 is 0 Å². The van der Waals surface area contributed by atoms with E-state index in [9.17, 15) is 19.2 Å². The monoisotopic (exact) mass is 539 g/mol. The van der Waals surface area contributed by atoms with E-state index >= 15 is 4.39 Å². The van der Waals surface area contributed by atoms with Crippen LogP contribution in [0.5, 0.6) is 5.75 Å². The van der Waals surface area contributed by atoms with Gasteiger partial charge < -0.3 is 27.3 Å². The van der Waals surface area contributed by atoms with E-state index in [2.05, 4.69) is 5.32 Å². The van der Waals surface area contributed by atoms with Crippen molar-refractivity contribution < 1.29 is 28.3 Å². The molecule has 2 heterocycles. The molecule has 0 radical (unpaired) electrons. The molecule has 208 valence electrons. The Bertz CT molecular complexity index is 1270. The second kappa shape index (κ2) is 12.2. The molecule has 2 aliphatic heterocycles. The van der Waals surface area contributed by atoms with Gasteiger partial charge in [0.2, 0.25) is 23.6 Å². The summed E-state index contributed by atoms with van der Waals surface area (Å²) in [5.41, 5.74) is 19.6. The third-order valence-corrected chi connectivity index (χ3v) is 7.19. The molecule has 2 aliphatic rings. The van der Waals surface area contributed by atoms with E-state index in [0.717, 1.165) is 16.8 Å². The highest BCUT2D eigenvalue weighted by atomic mass is 19.1. The number of nitrogens with zero attached hydrogens (tertiary/aromatic N) is 1. The molecule has 0 saturated heterocycles. The summed E-state index contributed by atoms with van der Waals surface area (Å²) in [5, 5.41) is 2.88. The Balaban J connectivity index is 1.47. The lowest BCUT2D eigenvalue weighted by Crippen LogP contribution is -2.54. The molecular formula is C28H34FN5O5. The fourth-order valence-corrected chi connectivity index (χ4v) is 5.18. The third kappa shape index (κ3) is 6.54. The first-order chi connectivity index (χ1) is 18.7. The average molecular weight is 540 g/mol. The average Bonchev–Trinajstić information content (AvgIpc) is 3.24. The summed E-state index contributed by atoms with van der Waals surface area (Å²) in [5.74, 6) is -2.32. The molecule has 3 atom stereocenters. The van der Waals surface area contributed by atoms with Crippen LogP contribution in [0.2, 0.25) is 0 Å². The molecular weight excluding hydrogens is 505 g/mol. The number of hydrogen-bond acceptors (Lipinski definition) is 6. The topological polar surface area (TPSA) is 171 Å². The molecule has 0 bridgehead atoms. The molecule has 4 amide bonds. The maximum Gasteiger partial charge on any atom is 0.244 e. The third-order valence-electron chi connectivity index (χ3n) is 7.19. The lowest BCUT2D eigenvalue weighted by Gasteiger charge is -2.28. The van der Waals surface area contributed by atoms with Gasteiger partial charge in [-0.05, 0) is 54.9 Å². The van der Waals surface area contributed by atoms with Gasteiger partial charge in [-0.25, -0.2) is 4.39 Å². The van der Waals surface area contributed by atoms with Crippen molar-refractivity contribution in [2.75, 3.05) is 11.5 Å². The predicted molar refractivity (Wildman–Crippen MR) is 142 cm³/mol. The quantitative estimate of drug-likeness (QED) is 0.313. The standard InChI is InChI=1S/C28H34FN5O5/c29-25-16(5-3-9-23(31)35)4-2-8-22(25)39-15-19(11-13-24(32)36)33-27(37)21-14-18-7-1-6-17-10-12-20(30)28(38)34(21)26(17)18/h1-2,4,6-8,19-21H,3,5,9-15,30H2,(H2,31,35)(H2,32,36)(H,33,37)/t19-,20-,21-/m0/s1. The van der Waals surface area contributed by atoms with E-state index in [0.29, 0.717) is 37.7 Å². The molecule has 11 heteroatoms. The molecule has 0 saturated carbocycles. The Hall–Kier alpha value is -3.99. The zero-order valence-electron chi connectivity index (χ0n) is 21.7. The fourth-order valence-electron chi connectivity index (χ4n) is 5.18. The van der Waals surface area contributed by atoms with Gasteiger partial charge in [-0.2, -0.15) is 0 Å². The molecule has 0 fully saturated rings. The Labute approximate surface area is 226 Å². The number of para-hydroxylation sites is 1. The van der Waals surface area contributed by atoms with Gasteiger partial charge in [0, 0.05) is 19.3 Å². The highest BCUT2D eigenvalue weighted by molar-refractivity contribution is 6.06. The van der Waals surface area contributed by atoms with Crippen LogP contribution in [0.3, 0.4) is 0 Å². The summed E-state index contributed by atoms with van der Waals surface area (Å²) in [7, 11) is 0. The molecule has 0 aromatic heterocycles. The van der Waals surface area contributed by atoms with E-state index in [1.165, 1.54) is 11.0 Å². The smallest absolute Gasteiger partial charge is 0.244 e. The van der Waals surface area contributed by atoms with Crippen LogP contribution < -0.4 is 32.2 Å². The van der Waals surface area contributed by atoms with Crippen LogP contribution >= 0.6 is 0 Å². The highest BCUT2D eigenvalue weighted by Gasteiger charge is 2.43. The summed E-state index contributed by atoms with van der Waals surface area (Å²) >= 11 is 0. The van der Waals surface area contributed by atoms with Gasteiger partial charge in [-0.15, -0.1) is 0 Å². The normalized spacial score (nSPS) is 18.7. The molecule has 0 unspecified atom stereocenters. The summed E-state index contributed by atoms with van der Waals surface area (Å²) in [6, 6.07) is 8.25. The minimum absolute atomic E-state index is 0.0171. The number of primary amides is 2. The first-order valence-corrected chi connectivity index (χ1v) is 13.1. The Kier molecular flexibility index (Phi) is 8.80. The largest absolute Gasteiger partial charge is 0.488 e. The van der Waals surface area contributed by atoms with Crippen LogP contribution in [0.25, 0.3) is 0 Å². The highest BCUT2D eigenvalue weighted by Crippen LogP contribution is 2.38. The summed E-state index contributed by atoms with van der Waals surface area (Å²) in [6.07, 6.45) is 2.46.